The van der Waals surface area contributed by atoms with E-state index in [9.17, 15) is 0 Å². The molecule has 1 fully saturated rings. The van der Waals surface area contributed by atoms with Crippen molar-refractivity contribution in [2.24, 2.45) is 5.92 Å². The van der Waals surface area contributed by atoms with Crippen molar-refractivity contribution in [3.8, 4) is 0 Å². The molecule has 1 aromatic carbocycles. The van der Waals surface area contributed by atoms with Gasteiger partial charge in [-0.2, -0.15) is 0 Å². The van der Waals surface area contributed by atoms with Crippen LogP contribution in [0.15, 0.2) is 24.5 Å². The van der Waals surface area contributed by atoms with E-state index >= 15 is 0 Å². The van der Waals surface area contributed by atoms with E-state index in [0.717, 1.165) is 28.3 Å². The first-order chi connectivity index (χ1) is 9.78. The second kappa shape index (κ2) is 5.65. The molecule has 2 unspecified atom stereocenters. The van der Waals surface area contributed by atoms with Crippen LogP contribution in [0.4, 0.5) is 11.5 Å². The topological polar surface area (TPSA) is 63.8 Å². The van der Waals surface area contributed by atoms with Gasteiger partial charge in [0.2, 0.25) is 0 Å². The lowest BCUT2D eigenvalue weighted by atomic mass is 9.83. The van der Waals surface area contributed by atoms with E-state index in [0.29, 0.717) is 6.04 Å². The number of benzene rings is 1. The second-order valence-corrected chi connectivity index (χ2v) is 5.70. The minimum Gasteiger partial charge on any atom is -0.399 e. The highest BCUT2D eigenvalue weighted by atomic mass is 15.0. The van der Waals surface area contributed by atoms with E-state index in [1.807, 2.05) is 18.2 Å². The average Bonchev–Trinajstić information content (AvgIpc) is 2.47. The fourth-order valence-corrected chi connectivity index (χ4v) is 3.25. The van der Waals surface area contributed by atoms with Crippen LogP contribution in [0.1, 0.15) is 39.0 Å². The van der Waals surface area contributed by atoms with Crippen molar-refractivity contribution >= 4 is 22.4 Å². The van der Waals surface area contributed by atoms with Crippen LogP contribution >= 0.6 is 0 Å². The van der Waals surface area contributed by atoms with Gasteiger partial charge in [0.05, 0.1) is 5.52 Å². The number of anilines is 2. The highest BCUT2D eigenvalue weighted by molar-refractivity contribution is 5.90. The van der Waals surface area contributed by atoms with Gasteiger partial charge in [-0.25, -0.2) is 9.97 Å². The number of nitrogens with zero attached hydrogens (tertiary/aromatic N) is 2. The van der Waals surface area contributed by atoms with Crippen molar-refractivity contribution < 1.29 is 0 Å². The van der Waals surface area contributed by atoms with E-state index < -0.39 is 0 Å². The average molecular weight is 270 g/mol. The molecule has 0 spiro atoms. The third-order valence-corrected chi connectivity index (χ3v) is 4.42. The summed E-state index contributed by atoms with van der Waals surface area (Å²) in [5.41, 5.74) is 7.47. The lowest BCUT2D eigenvalue weighted by Crippen LogP contribution is -2.32. The molecule has 20 heavy (non-hydrogen) atoms. The van der Waals surface area contributed by atoms with Crippen LogP contribution in [0.25, 0.3) is 10.9 Å². The molecule has 0 amide bonds. The van der Waals surface area contributed by atoms with Crippen molar-refractivity contribution in [3.63, 3.8) is 0 Å². The molecular formula is C16H22N4. The maximum absolute atomic E-state index is 5.82. The Labute approximate surface area is 119 Å². The normalized spacial score (nSPS) is 22.9. The number of rotatable bonds is 3. The van der Waals surface area contributed by atoms with Gasteiger partial charge in [-0.05, 0) is 37.0 Å². The van der Waals surface area contributed by atoms with Gasteiger partial charge in [-0.1, -0.05) is 26.2 Å². The summed E-state index contributed by atoms with van der Waals surface area (Å²) in [7, 11) is 0. The molecule has 1 heterocycles. The van der Waals surface area contributed by atoms with Crippen LogP contribution in [0, 0.1) is 5.92 Å². The first kappa shape index (κ1) is 13.2. The number of nitrogens with one attached hydrogen (secondary N) is 1. The molecule has 0 saturated heterocycles. The Bertz CT molecular complexity index is 596. The van der Waals surface area contributed by atoms with Crippen molar-refractivity contribution in [2.75, 3.05) is 11.1 Å². The Hall–Kier alpha value is -1.84. The Balaban J connectivity index is 1.90. The molecule has 0 bridgehead atoms. The third-order valence-electron chi connectivity index (χ3n) is 4.42. The predicted octanol–water partition coefficient (Wildman–Crippen LogP) is 3.59. The first-order valence-electron chi connectivity index (χ1n) is 7.54. The van der Waals surface area contributed by atoms with Crippen LogP contribution < -0.4 is 11.1 Å². The molecular weight excluding hydrogens is 248 g/mol. The highest BCUT2D eigenvalue weighted by Crippen LogP contribution is 2.30. The molecule has 1 aromatic heterocycles. The zero-order valence-corrected chi connectivity index (χ0v) is 12.0. The molecule has 0 radical (unpaired) electrons. The largest absolute Gasteiger partial charge is 0.399 e. The molecule has 3 rings (SSSR count). The Morgan fingerprint density at radius 2 is 2.10 bits per heavy atom. The highest BCUT2D eigenvalue weighted by Gasteiger charge is 2.24. The molecule has 106 valence electrons. The van der Waals surface area contributed by atoms with Crippen LogP contribution in [-0.4, -0.2) is 16.0 Å². The van der Waals surface area contributed by atoms with E-state index in [2.05, 4.69) is 22.2 Å². The number of nitrogen functional groups attached to an aromatic ring is 1. The van der Waals surface area contributed by atoms with Gasteiger partial charge < -0.3 is 11.1 Å². The van der Waals surface area contributed by atoms with Gasteiger partial charge in [-0.3, -0.25) is 0 Å². The number of fused-ring (bicyclic) bond motifs is 1. The number of nitrogens with two attached hydrogens (primary N) is 1. The van der Waals surface area contributed by atoms with E-state index in [1.165, 1.54) is 32.1 Å². The number of hydrogen-bond donors (Lipinski definition) is 2. The summed E-state index contributed by atoms with van der Waals surface area (Å²) in [5.74, 6) is 1.70. The molecule has 2 atom stereocenters. The monoisotopic (exact) mass is 270 g/mol. The van der Waals surface area contributed by atoms with Gasteiger partial charge in [0, 0.05) is 17.1 Å². The van der Waals surface area contributed by atoms with Gasteiger partial charge >= 0.3 is 0 Å². The third kappa shape index (κ3) is 2.55. The Kier molecular flexibility index (Phi) is 3.72. The van der Waals surface area contributed by atoms with Crippen molar-refractivity contribution in [1.82, 2.24) is 9.97 Å². The summed E-state index contributed by atoms with van der Waals surface area (Å²) < 4.78 is 0. The maximum Gasteiger partial charge on any atom is 0.137 e. The Morgan fingerprint density at radius 1 is 1.25 bits per heavy atom. The Morgan fingerprint density at radius 3 is 2.95 bits per heavy atom. The van der Waals surface area contributed by atoms with Crippen molar-refractivity contribution in [2.45, 2.75) is 45.1 Å². The number of aromatic nitrogens is 2. The molecule has 3 N–H and O–H groups in total. The van der Waals surface area contributed by atoms with Gasteiger partial charge in [0.25, 0.3) is 0 Å². The lowest BCUT2D eigenvalue weighted by molar-refractivity contribution is 0.317. The molecule has 4 nitrogen and oxygen atoms in total. The molecule has 1 aliphatic rings. The van der Waals surface area contributed by atoms with E-state index in [-0.39, 0.29) is 0 Å². The summed E-state index contributed by atoms with van der Waals surface area (Å²) in [4.78, 5) is 8.74. The van der Waals surface area contributed by atoms with Gasteiger partial charge in [0.15, 0.2) is 0 Å². The zero-order chi connectivity index (χ0) is 13.9. The summed E-state index contributed by atoms with van der Waals surface area (Å²) in [6, 6.07) is 6.36. The zero-order valence-electron chi connectivity index (χ0n) is 12.0. The summed E-state index contributed by atoms with van der Waals surface area (Å²) in [6.07, 6.45) is 8.08. The smallest absolute Gasteiger partial charge is 0.137 e. The summed E-state index contributed by atoms with van der Waals surface area (Å²) in [6.45, 7) is 2.28. The van der Waals surface area contributed by atoms with Crippen LogP contribution in [0.5, 0.6) is 0 Å². The summed E-state index contributed by atoms with van der Waals surface area (Å²) in [5, 5.41) is 4.71. The van der Waals surface area contributed by atoms with E-state index in [4.69, 9.17) is 5.73 Å². The SMILES string of the molecule is CCC1CCCCC1Nc1ncnc2cc(N)ccc12. The molecule has 1 saturated carbocycles. The van der Waals surface area contributed by atoms with Crippen LogP contribution in [0.2, 0.25) is 0 Å². The van der Waals surface area contributed by atoms with Crippen LogP contribution in [0.3, 0.4) is 0 Å². The maximum atomic E-state index is 5.82. The quantitative estimate of drug-likeness (QED) is 0.837. The minimum absolute atomic E-state index is 0.532. The van der Waals surface area contributed by atoms with Gasteiger partial charge in [-0.15, -0.1) is 0 Å². The fraction of sp³-hybridized carbons (Fsp3) is 0.500. The lowest BCUT2D eigenvalue weighted by Gasteiger charge is -2.32. The van der Waals surface area contributed by atoms with Gasteiger partial charge in [0.1, 0.15) is 12.1 Å². The molecule has 4 heteroatoms. The number of hydrogen-bond acceptors (Lipinski definition) is 4. The van der Waals surface area contributed by atoms with Crippen LogP contribution in [-0.2, 0) is 0 Å². The molecule has 1 aliphatic carbocycles. The minimum atomic E-state index is 0.532. The predicted molar refractivity (Wildman–Crippen MR) is 83.6 cm³/mol. The van der Waals surface area contributed by atoms with Crippen molar-refractivity contribution in [3.05, 3.63) is 24.5 Å². The molecule has 2 aromatic rings. The second-order valence-electron chi connectivity index (χ2n) is 5.70. The summed E-state index contributed by atoms with van der Waals surface area (Å²) >= 11 is 0. The van der Waals surface area contributed by atoms with Crippen molar-refractivity contribution in [1.29, 1.82) is 0 Å². The first-order valence-corrected chi connectivity index (χ1v) is 7.54. The fourth-order valence-electron chi connectivity index (χ4n) is 3.25. The molecule has 0 aliphatic heterocycles. The van der Waals surface area contributed by atoms with E-state index in [1.54, 1.807) is 6.33 Å². The standard InChI is InChI=1S/C16H22N4/c1-2-11-5-3-4-6-14(11)20-16-13-8-7-12(17)9-15(13)18-10-19-16/h7-11,14H,2-6,17H2,1H3,(H,18,19,20).